The number of esters is 4. The number of aromatic hydroxyl groups is 2. The van der Waals surface area contributed by atoms with Gasteiger partial charge >= 0.3 is 23.9 Å². The Hall–Kier alpha value is -6.76. The normalized spacial score (nSPS) is 10.9. The average molecular weight is 892 g/mol. The minimum Gasteiger partial charge on any atom is -0.494 e. The van der Waals surface area contributed by atoms with E-state index in [1.165, 1.54) is 48.5 Å². The SMILES string of the molecule is CCCCCCCCn1c(O)c(OC(=O)c2ccc(OC(=O)c3ccc(OCCCCCC)cc3)cc2)c(OC(=O)c2ccc(OC(=O)c3ccc(OCCCCCC)cc3)cc2)c1O. The topological polar surface area (TPSA) is 169 Å². The molecule has 0 unspecified atom stereocenters. The number of nitrogens with zero attached hydrogens (tertiary/aromatic N) is 1. The minimum absolute atomic E-state index is 0.0114. The van der Waals surface area contributed by atoms with Gasteiger partial charge in [-0.15, -0.1) is 0 Å². The van der Waals surface area contributed by atoms with Crippen molar-refractivity contribution in [2.45, 2.75) is 117 Å². The van der Waals surface area contributed by atoms with Crippen LogP contribution in [0.1, 0.15) is 152 Å². The lowest BCUT2D eigenvalue weighted by Gasteiger charge is -2.09. The molecule has 13 heteroatoms. The zero-order chi connectivity index (χ0) is 46.4. The van der Waals surface area contributed by atoms with Crippen molar-refractivity contribution < 1.29 is 57.8 Å². The number of hydrogen-bond donors (Lipinski definition) is 2. The van der Waals surface area contributed by atoms with Crippen LogP contribution in [0.25, 0.3) is 0 Å². The molecule has 0 aliphatic rings. The van der Waals surface area contributed by atoms with Gasteiger partial charge in [0.2, 0.25) is 23.3 Å². The Kier molecular flexibility index (Phi) is 19.8. The zero-order valence-corrected chi connectivity index (χ0v) is 37.7. The van der Waals surface area contributed by atoms with E-state index in [2.05, 4.69) is 20.8 Å². The number of hydrogen-bond acceptors (Lipinski definition) is 12. The highest BCUT2D eigenvalue weighted by Gasteiger charge is 2.30. The summed E-state index contributed by atoms with van der Waals surface area (Å²) in [5, 5.41) is 22.5. The van der Waals surface area contributed by atoms with Crippen LogP contribution in [-0.2, 0) is 6.54 Å². The van der Waals surface area contributed by atoms with Crippen LogP contribution in [0.5, 0.6) is 46.3 Å². The summed E-state index contributed by atoms with van der Waals surface area (Å²) in [6.45, 7) is 7.76. The van der Waals surface area contributed by atoms with Crippen molar-refractivity contribution in [1.29, 1.82) is 0 Å². The number of rotatable bonds is 27. The fraction of sp³-hybridized carbons (Fsp3) is 0.385. The molecule has 0 fully saturated rings. The third kappa shape index (κ3) is 15.2. The number of unbranched alkanes of at least 4 members (excludes halogenated alkanes) is 11. The van der Waals surface area contributed by atoms with Crippen molar-refractivity contribution >= 4 is 23.9 Å². The van der Waals surface area contributed by atoms with E-state index < -0.39 is 47.1 Å². The quantitative estimate of drug-likeness (QED) is 0.0291. The second-order valence-electron chi connectivity index (χ2n) is 15.7. The van der Waals surface area contributed by atoms with Crippen LogP contribution in [0.15, 0.2) is 97.1 Å². The van der Waals surface area contributed by atoms with Crippen molar-refractivity contribution in [2.75, 3.05) is 13.2 Å². The Morgan fingerprint density at radius 3 is 1.03 bits per heavy atom. The van der Waals surface area contributed by atoms with E-state index in [1.807, 2.05) is 0 Å². The van der Waals surface area contributed by atoms with Gasteiger partial charge in [0.15, 0.2) is 0 Å². The first-order valence-corrected chi connectivity index (χ1v) is 22.8. The van der Waals surface area contributed by atoms with Gasteiger partial charge in [-0.3, -0.25) is 4.57 Å². The summed E-state index contributed by atoms with van der Waals surface area (Å²) in [6.07, 6.45) is 14.3. The Morgan fingerprint density at radius 2 is 0.677 bits per heavy atom. The van der Waals surface area contributed by atoms with Crippen molar-refractivity contribution in [3.05, 3.63) is 119 Å². The monoisotopic (exact) mass is 891 g/mol. The van der Waals surface area contributed by atoms with E-state index in [9.17, 15) is 29.4 Å². The first-order valence-electron chi connectivity index (χ1n) is 22.8. The van der Waals surface area contributed by atoms with Crippen LogP contribution in [-0.4, -0.2) is 51.9 Å². The van der Waals surface area contributed by atoms with E-state index in [-0.39, 0.29) is 29.2 Å². The van der Waals surface area contributed by atoms with Gasteiger partial charge < -0.3 is 38.6 Å². The van der Waals surface area contributed by atoms with E-state index >= 15 is 0 Å². The second kappa shape index (κ2) is 26.1. The zero-order valence-electron chi connectivity index (χ0n) is 37.7. The first-order chi connectivity index (χ1) is 31.6. The molecule has 1 aromatic heterocycles. The fourth-order valence-corrected chi connectivity index (χ4v) is 6.76. The van der Waals surface area contributed by atoms with Gasteiger partial charge in [-0.05, 0) is 116 Å². The molecular formula is C52H61NO12. The summed E-state index contributed by atoms with van der Waals surface area (Å²) >= 11 is 0. The smallest absolute Gasteiger partial charge is 0.343 e. The molecule has 1 heterocycles. The summed E-state index contributed by atoms with van der Waals surface area (Å²) < 4.78 is 34.8. The maximum Gasteiger partial charge on any atom is 0.343 e. The maximum absolute atomic E-state index is 13.5. The lowest BCUT2D eigenvalue weighted by Crippen LogP contribution is -2.12. The van der Waals surface area contributed by atoms with E-state index in [4.69, 9.17) is 28.4 Å². The molecule has 0 amide bonds. The Labute approximate surface area is 381 Å². The molecule has 346 valence electrons. The molecule has 0 aliphatic carbocycles. The Morgan fingerprint density at radius 1 is 0.385 bits per heavy atom. The second-order valence-corrected chi connectivity index (χ2v) is 15.7. The van der Waals surface area contributed by atoms with Gasteiger partial charge in [-0.25, -0.2) is 19.2 Å². The van der Waals surface area contributed by atoms with E-state index in [0.29, 0.717) is 42.3 Å². The lowest BCUT2D eigenvalue weighted by atomic mass is 10.1. The maximum atomic E-state index is 13.5. The third-order valence-electron chi connectivity index (χ3n) is 10.6. The van der Waals surface area contributed by atoms with Gasteiger partial charge in [0.25, 0.3) is 0 Å². The molecule has 2 N–H and O–H groups in total. The molecule has 0 radical (unpaired) electrons. The molecule has 5 rings (SSSR count). The highest BCUT2D eigenvalue weighted by molar-refractivity contribution is 5.95. The third-order valence-corrected chi connectivity index (χ3v) is 10.6. The molecule has 0 atom stereocenters. The standard InChI is InChI=1S/C52H61NO12/c1-4-7-10-13-14-15-34-53-47(54)45(64-51(58)39-22-30-43(31-23-39)62-49(56)37-18-26-41(27-19-37)60-35-16-11-8-5-2)46(48(53)55)65-52(59)40-24-32-44(33-25-40)63-50(57)38-20-28-42(29-21-38)61-36-17-12-9-6-3/h18-33,54-55H,4-17,34-36H2,1-3H3. The molecule has 0 aliphatic heterocycles. The highest BCUT2D eigenvalue weighted by Crippen LogP contribution is 2.48. The number of carbonyl (C=O) groups is 4. The minimum atomic E-state index is -0.951. The summed E-state index contributed by atoms with van der Waals surface area (Å²) in [6, 6.07) is 24.4. The van der Waals surface area contributed by atoms with Gasteiger partial charge in [0, 0.05) is 6.54 Å². The number of carbonyl (C=O) groups excluding carboxylic acids is 4. The van der Waals surface area contributed by atoms with Crippen molar-refractivity contribution in [3.63, 3.8) is 0 Å². The molecule has 5 aromatic rings. The van der Waals surface area contributed by atoms with Gasteiger partial charge in [0.1, 0.15) is 23.0 Å². The molecule has 65 heavy (non-hydrogen) atoms. The van der Waals surface area contributed by atoms with Gasteiger partial charge in [-0.1, -0.05) is 91.4 Å². The largest absolute Gasteiger partial charge is 0.494 e. The summed E-state index contributed by atoms with van der Waals surface area (Å²) in [7, 11) is 0. The highest BCUT2D eigenvalue weighted by atomic mass is 16.6. The van der Waals surface area contributed by atoms with Crippen LogP contribution in [0.2, 0.25) is 0 Å². The summed E-state index contributed by atoms with van der Waals surface area (Å²) in [4.78, 5) is 52.6. The Bertz CT molecular complexity index is 2110. The molecule has 0 saturated carbocycles. The van der Waals surface area contributed by atoms with Crippen molar-refractivity contribution in [1.82, 2.24) is 4.57 Å². The first kappa shape index (κ1) is 49.3. The van der Waals surface area contributed by atoms with Crippen LogP contribution < -0.4 is 28.4 Å². The van der Waals surface area contributed by atoms with Crippen LogP contribution in [0.4, 0.5) is 0 Å². The van der Waals surface area contributed by atoms with Crippen LogP contribution in [0, 0.1) is 0 Å². The number of ether oxygens (including phenoxy) is 6. The molecule has 0 saturated heterocycles. The number of benzene rings is 4. The molecule has 0 bridgehead atoms. The van der Waals surface area contributed by atoms with Crippen molar-refractivity contribution in [2.24, 2.45) is 0 Å². The molecule has 13 nitrogen and oxygen atoms in total. The predicted octanol–water partition coefficient (Wildman–Crippen LogP) is 12.1. The molecule has 0 spiro atoms. The summed E-state index contributed by atoms with van der Waals surface area (Å²) in [5.74, 6) is -3.83. The van der Waals surface area contributed by atoms with E-state index in [0.717, 1.165) is 88.0 Å². The van der Waals surface area contributed by atoms with Crippen molar-refractivity contribution in [3.8, 4) is 46.3 Å². The van der Waals surface area contributed by atoms with Crippen LogP contribution >= 0.6 is 0 Å². The molecule has 4 aromatic carbocycles. The van der Waals surface area contributed by atoms with Gasteiger partial charge in [0.05, 0.1) is 35.5 Å². The van der Waals surface area contributed by atoms with E-state index in [1.54, 1.807) is 48.5 Å². The van der Waals surface area contributed by atoms with Crippen LogP contribution in [0.3, 0.4) is 0 Å². The summed E-state index contributed by atoms with van der Waals surface area (Å²) in [5.41, 5.74) is 0.643. The Balaban J connectivity index is 1.22. The lowest BCUT2D eigenvalue weighted by molar-refractivity contribution is 0.0677. The fourth-order valence-electron chi connectivity index (χ4n) is 6.76. The number of aromatic nitrogens is 1. The molecular weight excluding hydrogens is 831 g/mol. The average Bonchev–Trinajstić information content (AvgIpc) is 3.53. The predicted molar refractivity (Wildman–Crippen MR) is 246 cm³/mol. The van der Waals surface area contributed by atoms with Gasteiger partial charge in [-0.2, -0.15) is 0 Å².